The van der Waals surface area contributed by atoms with Crippen LogP contribution in [0.4, 0.5) is 8.78 Å². The average Bonchev–Trinajstić information content (AvgIpc) is 2.67. The number of carbonyl (C=O) groups excluding carboxylic acids is 1. The summed E-state index contributed by atoms with van der Waals surface area (Å²) in [5, 5.41) is -0.699. The molecule has 13 heteroatoms. The van der Waals surface area contributed by atoms with Gasteiger partial charge in [0, 0.05) is 6.54 Å². The van der Waals surface area contributed by atoms with Gasteiger partial charge in [-0.1, -0.05) is 0 Å². The molecule has 3 rings (SSSR count). The van der Waals surface area contributed by atoms with Crippen LogP contribution in [0.3, 0.4) is 0 Å². The molecule has 166 valence electrons. The number of rotatable bonds is 5. The Morgan fingerprint density at radius 1 is 1.09 bits per heavy atom. The third-order valence-corrected chi connectivity index (χ3v) is 8.16. The average molecular weight is 435 g/mol. The maximum Gasteiger partial charge on any atom is 0.250 e. The van der Waals surface area contributed by atoms with Crippen LogP contribution < -0.4 is 0 Å². The number of halogens is 2. The van der Waals surface area contributed by atoms with Crippen molar-refractivity contribution in [1.82, 2.24) is 9.80 Å². The van der Waals surface area contributed by atoms with Crippen molar-refractivity contribution in [3.05, 3.63) is 35.4 Å². The highest BCUT2D eigenvalue weighted by Gasteiger charge is 2.51. The van der Waals surface area contributed by atoms with Crippen molar-refractivity contribution in [3.63, 3.8) is 0 Å². The van der Waals surface area contributed by atoms with E-state index < -0.39 is 11.9 Å². The number of likely N-dealkylation sites (tertiary alicyclic amines) is 1. The Labute approximate surface area is 197 Å². The molecule has 1 aromatic rings. The first-order chi connectivity index (χ1) is 14.6. The molecule has 0 unspecified atom stereocenters. The first kappa shape index (κ1) is 25.5. The largest absolute Gasteiger partial charge is 0.360 e. The number of ether oxygens (including phenoxy) is 1. The maximum atomic E-state index is 14.2. The lowest BCUT2D eigenvalue weighted by Crippen LogP contribution is -2.71. The van der Waals surface area contributed by atoms with E-state index in [9.17, 15) is 13.6 Å². The molecule has 1 atom stereocenters. The van der Waals surface area contributed by atoms with Crippen molar-refractivity contribution in [3.8, 4) is 0 Å². The van der Waals surface area contributed by atoms with Crippen molar-refractivity contribution in [1.29, 1.82) is 0 Å². The van der Waals surface area contributed by atoms with Crippen molar-refractivity contribution >= 4 is 60.8 Å². The zero-order valence-electron chi connectivity index (χ0n) is 21.0. The van der Waals surface area contributed by atoms with Crippen molar-refractivity contribution in [2.24, 2.45) is 0 Å². The number of hydrogen-bond donors (Lipinski definition) is 0. The van der Waals surface area contributed by atoms with Crippen molar-refractivity contribution in [2.75, 3.05) is 19.6 Å². The molecule has 4 nitrogen and oxygen atoms in total. The normalized spacial score (nSPS) is 22.9. The smallest absolute Gasteiger partial charge is 0.250 e. The van der Waals surface area contributed by atoms with Crippen LogP contribution in [0.15, 0.2) is 18.2 Å². The predicted molar refractivity (Wildman–Crippen MR) is 144 cm³/mol. The van der Waals surface area contributed by atoms with Gasteiger partial charge in [0.25, 0.3) is 5.91 Å². The van der Waals surface area contributed by atoms with Crippen LogP contribution in [0.2, 0.25) is 5.11 Å². The van der Waals surface area contributed by atoms with Gasteiger partial charge in [-0.15, -0.1) is 5.11 Å². The van der Waals surface area contributed by atoms with E-state index in [2.05, 4.69) is 59.8 Å². The molecule has 32 heavy (non-hydrogen) atoms. The molecule has 0 saturated carbocycles. The fraction of sp³-hybridized carbons (Fsp3) is 0.632. The fourth-order valence-corrected chi connectivity index (χ4v) is 4.98. The van der Waals surface area contributed by atoms with Gasteiger partial charge in [0.1, 0.15) is 49.1 Å². The summed E-state index contributed by atoms with van der Waals surface area (Å²) in [5.41, 5.74) is 0.0357. The molecule has 2 aliphatic rings. The Hall–Kier alpha value is -1.08. The second-order valence-corrected chi connectivity index (χ2v) is 11.9. The van der Waals surface area contributed by atoms with Gasteiger partial charge < -0.3 is 14.5 Å². The number of nitrogens with zero attached hydrogens (tertiary/aromatic N) is 2. The fourth-order valence-electron chi connectivity index (χ4n) is 4.98. The number of amides is 1. The van der Waals surface area contributed by atoms with Gasteiger partial charge in [0.05, 0.1) is 29.1 Å². The highest BCUT2D eigenvalue weighted by molar-refractivity contribution is 6.67. The Morgan fingerprint density at radius 2 is 1.69 bits per heavy atom. The molecule has 1 aromatic carbocycles. The Balaban J connectivity index is 1.74. The second-order valence-electron chi connectivity index (χ2n) is 11.9. The topological polar surface area (TPSA) is 32.8 Å². The second kappa shape index (κ2) is 8.61. The molecular formula is C19H33B7F2N2O2. The first-order valence-corrected chi connectivity index (χ1v) is 11.8. The molecule has 2 heterocycles. The SMILES string of the molecule is BC(B)(Cc1cc(F)ccc1F)N1CCC2(CC1)CN(C(B)(B)C(B)(B)B)C(=O)[C@@H](C)O2. The van der Waals surface area contributed by atoms with Crippen molar-refractivity contribution in [2.45, 2.75) is 53.7 Å². The zero-order valence-corrected chi connectivity index (χ0v) is 21.0. The van der Waals surface area contributed by atoms with Gasteiger partial charge >= 0.3 is 0 Å². The highest BCUT2D eigenvalue weighted by Crippen LogP contribution is 2.39. The minimum Gasteiger partial charge on any atom is -0.360 e. The van der Waals surface area contributed by atoms with E-state index in [0.29, 0.717) is 18.5 Å². The summed E-state index contributed by atoms with van der Waals surface area (Å²) < 4.78 is 34.3. The van der Waals surface area contributed by atoms with Crippen molar-refractivity contribution < 1.29 is 18.3 Å². The van der Waals surface area contributed by atoms with Gasteiger partial charge in [-0.05, 0) is 73.7 Å². The van der Waals surface area contributed by atoms with E-state index in [0.717, 1.165) is 32.0 Å². The number of carbonyl (C=O) groups is 1. The standard InChI is InChI=1S/C19H33B7F2N2O2/c1-11-15(31)30(19(25,26)18(22,23)24)10-16(32-11)4-6-29(7-5-16)17(20,21)9-12-8-13(27)2-3-14(12)28/h2-3,8,11H,4-7,9-10,20-26H2,1H3/t11-/m1/s1. The molecule has 0 N–H and O–H groups in total. The van der Waals surface area contributed by atoms with Crippen LogP contribution in [0.5, 0.6) is 0 Å². The summed E-state index contributed by atoms with van der Waals surface area (Å²) in [5.74, 6) is -0.721. The number of benzene rings is 1. The van der Waals surface area contributed by atoms with E-state index >= 15 is 0 Å². The van der Waals surface area contributed by atoms with E-state index in [1.807, 2.05) is 11.8 Å². The quantitative estimate of drug-likeness (QED) is 0.437. The molecule has 1 amide bonds. The zero-order chi connectivity index (χ0) is 24.1. The Kier molecular flexibility index (Phi) is 6.87. The van der Waals surface area contributed by atoms with E-state index in [1.165, 1.54) is 12.1 Å². The van der Waals surface area contributed by atoms with Gasteiger partial charge in [0.2, 0.25) is 0 Å². The molecule has 2 fully saturated rings. The molecule has 2 aliphatic heterocycles. The number of piperidine rings is 1. The highest BCUT2D eigenvalue weighted by atomic mass is 19.1. The summed E-state index contributed by atoms with van der Waals surface area (Å²) in [7, 11) is 15.0. The van der Waals surface area contributed by atoms with E-state index in [1.54, 1.807) is 0 Å². The summed E-state index contributed by atoms with van der Waals surface area (Å²) >= 11 is 0. The molecule has 2 saturated heterocycles. The summed E-state index contributed by atoms with van der Waals surface area (Å²) in [6.45, 7) is 4.02. The van der Waals surface area contributed by atoms with Crippen LogP contribution in [0.25, 0.3) is 0 Å². The minimum atomic E-state index is -0.466. The summed E-state index contributed by atoms with van der Waals surface area (Å²) in [6, 6.07) is 3.66. The van der Waals surface area contributed by atoms with Crippen LogP contribution >= 0.6 is 0 Å². The molecule has 0 bridgehead atoms. The van der Waals surface area contributed by atoms with E-state index in [-0.39, 0.29) is 33.1 Å². The molecule has 0 aromatic heterocycles. The number of hydrogen-bond acceptors (Lipinski definition) is 3. The molecule has 0 radical (unpaired) electrons. The number of morpholine rings is 1. The van der Waals surface area contributed by atoms with Gasteiger partial charge in [0.15, 0.2) is 0 Å². The van der Waals surface area contributed by atoms with Gasteiger partial charge in [-0.2, -0.15) is 0 Å². The Bertz CT molecular complexity index is 874. The lowest BCUT2D eigenvalue weighted by Gasteiger charge is -2.58. The Morgan fingerprint density at radius 3 is 2.25 bits per heavy atom. The molecule has 1 spiro atoms. The van der Waals surface area contributed by atoms with Crippen LogP contribution in [-0.2, 0) is 16.0 Å². The van der Waals surface area contributed by atoms with Crippen LogP contribution in [0.1, 0.15) is 25.3 Å². The molecule has 0 aliphatic carbocycles. The summed E-state index contributed by atoms with van der Waals surface area (Å²) in [4.78, 5) is 17.4. The maximum absolute atomic E-state index is 14.2. The summed E-state index contributed by atoms with van der Waals surface area (Å²) in [6.07, 6.45) is 1.57. The van der Waals surface area contributed by atoms with Gasteiger partial charge in [-0.25, -0.2) is 8.78 Å². The third kappa shape index (κ3) is 4.89. The lowest BCUT2D eigenvalue weighted by molar-refractivity contribution is -0.193. The van der Waals surface area contributed by atoms with Gasteiger partial charge in [-0.3, -0.25) is 4.79 Å². The van der Waals surface area contributed by atoms with E-state index in [4.69, 9.17) is 4.74 Å². The minimum absolute atomic E-state index is 0.0555. The molecular weight excluding hydrogens is 402 g/mol. The van der Waals surface area contributed by atoms with Crippen LogP contribution in [0, 0.1) is 11.6 Å². The third-order valence-electron chi connectivity index (χ3n) is 8.16. The monoisotopic (exact) mass is 436 g/mol. The lowest BCUT2D eigenvalue weighted by atomic mass is 9.26. The van der Waals surface area contributed by atoms with Crippen LogP contribution in [-0.4, -0.2) is 113 Å². The predicted octanol–water partition coefficient (Wildman–Crippen LogP) is -4.60. The first-order valence-electron chi connectivity index (χ1n) is 11.8.